The van der Waals surface area contributed by atoms with E-state index in [9.17, 15) is 4.79 Å². The number of hydrogen-bond acceptors (Lipinski definition) is 3. The molecule has 1 heterocycles. The second-order valence-corrected chi connectivity index (χ2v) is 3.37. The Balaban J connectivity index is 2.35. The molecule has 1 amide bonds. The van der Waals surface area contributed by atoms with Crippen molar-refractivity contribution in [1.29, 1.82) is 0 Å². The molecule has 0 saturated carbocycles. The SMILES string of the molecule is Cn1nnc2cc(NC(=O)CCl)ccc21. The molecule has 1 N–H and O–H groups in total. The zero-order valence-electron chi connectivity index (χ0n) is 8.07. The predicted molar refractivity (Wildman–Crippen MR) is 57.9 cm³/mol. The van der Waals surface area contributed by atoms with Crippen molar-refractivity contribution < 1.29 is 4.79 Å². The lowest BCUT2D eigenvalue weighted by atomic mass is 10.2. The molecule has 0 saturated heterocycles. The molecule has 15 heavy (non-hydrogen) atoms. The maximum Gasteiger partial charge on any atom is 0.239 e. The van der Waals surface area contributed by atoms with E-state index in [1.54, 1.807) is 16.8 Å². The van der Waals surface area contributed by atoms with Crippen LogP contribution in [0.1, 0.15) is 0 Å². The minimum atomic E-state index is -0.236. The van der Waals surface area contributed by atoms with Gasteiger partial charge in [-0.25, -0.2) is 4.68 Å². The van der Waals surface area contributed by atoms with Crippen molar-refractivity contribution in [2.24, 2.45) is 7.05 Å². The lowest BCUT2D eigenvalue weighted by molar-refractivity contribution is -0.113. The molecule has 0 atom stereocenters. The number of benzene rings is 1. The summed E-state index contributed by atoms with van der Waals surface area (Å²) in [6.45, 7) is 0. The third-order valence-electron chi connectivity index (χ3n) is 2.02. The van der Waals surface area contributed by atoms with Gasteiger partial charge < -0.3 is 5.32 Å². The number of carbonyl (C=O) groups is 1. The van der Waals surface area contributed by atoms with E-state index in [0.717, 1.165) is 11.0 Å². The minimum absolute atomic E-state index is 0.0570. The summed E-state index contributed by atoms with van der Waals surface area (Å²) in [5, 5.41) is 10.4. The number of nitrogens with one attached hydrogen (secondary N) is 1. The molecule has 0 aliphatic rings. The summed E-state index contributed by atoms with van der Waals surface area (Å²) in [7, 11) is 1.81. The van der Waals surface area contributed by atoms with Crippen LogP contribution < -0.4 is 5.32 Å². The van der Waals surface area contributed by atoms with E-state index >= 15 is 0 Å². The van der Waals surface area contributed by atoms with Crippen molar-refractivity contribution in [2.75, 3.05) is 11.2 Å². The number of rotatable bonds is 2. The Labute approximate surface area is 91.0 Å². The molecule has 5 nitrogen and oxygen atoms in total. The maximum atomic E-state index is 11.0. The highest BCUT2D eigenvalue weighted by Crippen LogP contribution is 2.16. The number of carbonyl (C=O) groups excluding carboxylic acids is 1. The van der Waals surface area contributed by atoms with Crippen LogP contribution >= 0.6 is 11.6 Å². The van der Waals surface area contributed by atoms with E-state index in [1.807, 2.05) is 13.1 Å². The quantitative estimate of drug-likeness (QED) is 0.779. The van der Waals surface area contributed by atoms with Crippen molar-refractivity contribution in [3.8, 4) is 0 Å². The fourth-order valence-electron chi connectivity index (χ4n) is 1.31. The minimum Gasteiger partial charge on any atom is -0.325 e. The molecule has 0 spiro atoms. The summed E-state index contributed by atoms with van der Waals surface area (Å²) in [6, 6.07) is 5.39. The molecular formula is C9H9ClN4O. The summed E-state index contributed by atoms with van der Waals surface area (Å²) >= 11 is 5.38. The number of aryl methyl sites for hydroxylation is 1. The summed E-state index contributed by atoms with van der Waals surface area (Å²) in [4.78, 5) is 11.0. The molecule has 0 aliphatic heterocycles. The number of fused-ring (bicyclic) bond motifs is 1. The first kappa shape index (κ1) is 9.92. The first-order valence-corrected chi connectivity index (χ1v) is 4.89. The second-order valence-electron chi connectivity index (χ2n) is 3.10. The Bertz CT molecular complexity index is 508. The van der Waals surface area contributed by atoms with Crippen molar-refractivity contribution in [1.82, 2.24) is 15.0 Å². The summed E-state index contributed by atoms with van der Waals surface area (Å²) in [5.41, 5.74) is 2.33. The Kier molecular flexibility index (Phi) is 2.55. The van der Waals surface area contributed by atoms with Crippen LogP contribution in [0.15, 0.2) is 18.2 Å². The molecular weight excluding hydrogens is 216 g/mol. The topological polar surface area (TPSA) is 59.8 Å². The van der Waals surface area contributed by atoms with Gasteiger partial charge in [0.1, 0.15) is 11.4 Å². The molecule has 78 valence electrons. The van der Waals surface area contributed by atoms with Gasteiger partial charge in [-0.15, -0.1) is 16.7 Å². The van der Waals surface area contributed by atoms with Gasteiger partial charge in [-0.2, -0.15) is 0 Å². The van der Waals surface area contributed by atoms with E-state index in [0.29, 0.717) is 5.69 Å². The molecule has 0 bridgehead atoms. The van der Waals surface area contributed by atoms with Crippen molar-refractivity contribution >= 4 is 34.2 Å². The van der Waals surface area contributed by atoms with Gasteiger partial charge in [0.05, 0.1) is 5.52 Å². The molecule has 1 aromatic heterocycles. The van der Waals surface area contributed by atoms with Gasteiger partial charge in [0.25, 0.3) is 0 Å². The van der Waals surface area contributed by atoms with Crippen LogP contribution in [0.2, 0.25) is 0 Å². The molecule has 0 fully saturated rings. The highest BCUT2D eigenvalue weighted by Gasteiger charge is 2.04. The van der Waals surface area contributed by atoms with E-state index in [4.69, 9.17) is 11.6 Å². The Hall–Kier alpha value is -1.62. The Morgan fingerprint density at radius 1 is 1.60 bits per heavy atom. The highest BCUT2D eigenvalue weighted by atomic mass is 35.5. The first-order valence-electron chi connectivity index (χ1n) is 4.36. The maximum absolute atomic E-state index is 11.0. The average Bonchev–Trinajstić information content (AvgIpc) is 2.60. The van der Waals surface area contributed by atoms with Crippen LogP contribution in [0, 0.1) is 0 Å². The second kappa shape index (κ2) is 3.86. The predicted octanol–water partition coefficient (Wildman–Crippen LogP) is 1.15. The summed E-state index contributed by atoms with van der Waals surface area (Å²) in [6.07, 6.45) is 0. The van der Waals surface area contributed by atoms with Crippen molar-refractivity contribution in [3.63, 3.8) is 0 Å². The lowest BCUT2D eigenvalue weighted by Crippen LogP contribution is -2.12. The number of alkyl halides is 1. The average molecular weight is 225 g/mol. The van der Waals surface area contributed by atoms with Crippen molar-refractivity contribution in [2.45, 2.75) is 0 Å². The zero-order valence-corrected chi connectivity index (χ0v) is 8.82. The number of hydrogen-bond donors (Lipinski definition) is 1. The number of anilines is 1. The van der Waals surface area contributed by atoms with Crippen LogP contribution in [-0.4, -0.2) is 26.8 Å². The third-order valence-corrected chi connectivity index (χ3v) is 2.26. The highest BCUT2D eigenvalue weighted by molar-refractivity contribution is 6.29. The van der Waals surface area contributed by atoms with Crippen molar-refractivity contribution in [3.05, 3.63) is 18.2 Å². The Morgan fingerprint density at radius 2 is 2.40 bits per heavy atom. The van der Waals surface area contributed by atoms with Gasteiger partial charge in [-0.1, -0.05) is 5.21 Å². The smallest absolute Gasteiger partial charge is 0.239 e. The summed E-state index contributed by atoms with van der Waals surface area (Å²) < 4.78 is 1.67. The normalized spacial score (nSPS) is 10.5. The largest absolute Gasteiger partial charge is 0.325 e. The third kappa shape index (κ3) is 1.92. The first-order chi connectivity index (χ1) is 7.20. The van der Waals surface area contributed by atoms with Gasteiger partial charge in [0.15, 0.2) is 0 Å². The van der Waals surface area contributed by atoms with E-state index < -0.39 is 0 Å². The molecule has 2 rings (SSSR count). The summed E-state index contributed by atoms with van der Waals surface area (Å²) in [5.74, 6) is -0.293. The van der Waals surface area contributed by atoms with Gasteiger partial charge in [-0.05, 0) is 18.2 Å². The van der Waals surface area contributed by atoms with Crippen LogP contribution in [0.4, 0.5) is 5.69 Å². The molecule has 2 aromatic rings. The monoisotopic (exact) mass is 224 g/mol. The van der Waals surface area contributed by atoms with E-state index in [1.165, 1.54) is 0 Å². The number of nitrogens with zero attached hydrogens (tertiary/aromatic N) is 3. The van der Waals surface area contributed by atoms with Crippen LogP contribution in [-0.2, 0) is 11.8 Å². The molecule has 0 unspecified atom stereocenters. The zero-order chi connectivity index (χ0) is 10.8. The van der Waals surface area contributed by atoms with Crippen LogP contribution in [0.3, 0.4) is 0 Å². The molecule has 6 heteroatoms. The number of amides is 1. The van der Waals surface area contributed by atoms with Gasteiger partial charge in [-0.3, -0.25) is 4.79 Å². The van der Waals surface area contributed by atoms with Gasteiger partial charge in [0.2, 0.25) is 5.91 Å². The lowest BCUT2D eigenvalue weighted by Gasteiger charge is -2.01. The molecule has 0 aliphatic carbocycles. The van der Waals surface area contributed by atoms with Gasteiger partial charge in [0, 0.05) is 12.7 Å². The van der Waals surface area contributed by atoms with E-state index in [-0.39, 0.29) is 11.8 Å². The standard InChI is InChI=1S/C9H9ClN4O/c1-14-8-3-2-6(11-9(15)5-10)4-7(8)12-13-14/h2-4H,5H2,1H3,(H,11,15). The fourth-order valence-corrected chi connectivity index (χ4v) is 1.38. The Morgan fingerprint density at radius 3 is 3.13 bits per heavy atom. The van der Waals surface area contributed by atoms with Crippen LogP contribution in [0.5, 0.6) is 0 Å². The molecule has 0 radical (unpaired) electrons. The number of aromatic nitrogens is 3. The molecule has 1 aromatic carbocycles. The van der Waals surface area contributed by atoms with Crippen LogP contribution in [0.25, 0.3) is 11.0 Å². The fraction of sp³-hybridized carbons (Fsp3) is 0.222. The number of halogens is 1. The van der Waals surface area contributed by atoms with Gasteiger partial charge >= 0.3 is 0 Å². The van der Waals surface area contributed by atoms with E-state index in [2.05, 4.69) is 15.6 Å².